The molecule has 19 heavy (non-hydrogen) atoms. The van der Waals surface area contributed by atoms with Gasteiger partial charge in [-0.25, -0.2) is 8.42 Å². The van der Waals surface area contributed by atoms with Crippen LogP contribution in [0.1, 0.15) is 31.4 Å². The van der Waals surface area contributed by atoms with Gasteiger partial charge in [-0.3, -0.25) is 0 Å². The number of hydrogen-bond donors (Lipinski definition) is 1. The van der Waals surface area contributed by atoms with E-state index < -0.39 is 10.0 Å². The van der Waals surface area contributed by atoms with E-state index >= 15 is 0 Å². The molecule has 0 bridgehead atoms. The first-order valence-corrected chi connectivity index (χ1v) is 8.51. The molecule has 3 rings (SSSR count). The van der Waals surface area contributed by atoms with Crippen LogP contribution in [0.2, 0.25) is 0 Å². The summed E-state index contributed by atoms with van der Waals surface area (Å²) in [5, 5.41) is 3.26. The fraction of sp³-hybridized carbons (Fsp3) is 0.692. The van der Waals surface area contributed by atoms with Gasteiger partial charge in [-0.1, -0.05) is 0 Å². The maximum Gasteiger partial charge on any atom is 0.216 e. The van der Waals surface area contributed by atoms with E-state index in [1.54, 1.807) is 16.6 Å². The summed E-state index contributed by atoms with van der Waals surface area (Å²) >= 11 is 0. The van der Waals surface area contributed by atoms with E-state index in [9.17, 15) is 8.42 Å². The Hall–Kier alpha value is -0.850. The number of furan rings is 1. The first kappa shape index (κ1) is 13.1. The van der Waals surface area contributed by atoms with Gasteiger partial charge in [0.2, 0.25) is 10.0 Å². The van der Waals surface area contributed by atoms with Gasteiger partial charge < -0.3 is 9.73 Å². The Kier molecular flexibility index (Phi) is 3.64. The van der Waals surface area contributed by atoms with E-state index in [-0.39, 0.29) is 11.8 Å². The monoisotopic (exact) mass is 284 g/mol. The van der Waals surface area contributed by atoms with Gasteiger partial charge in [-0.15, -0.1) is 0 Å². The van der Waals surface area contributed by atoms with Gasteiger partial charge in [-0.2, -0.15) is 4.31 Å². The number of rotatable bonds is 8. The van der Waals surface area contributed by atoms with Gasteiger partial charge in [0.05, 0.1) is 18.6 Å². The smallest absolute Gasteiger partial charge is 0.216 e. The van der Waals surface area contributed by atoms with Crippen LogP contribution < -0.4 is 5.32 Å². The van der Waals surface area contributed by atoms with E-state index in [2.05, 4.69) is 5.32 Å². The predicted octanol–water partition coefficient (Wildman–Crippen LogP) is 1.33. The molecular formula is C13H20N2O3S. The van der Waals surface area contributed by atoms with Crippen LogP contribution >= 0.6 is 0 Å². The van der Waals surface area contributed by atoms with E-state index in [0.29, 0.717) is 24.9 Å². The minimum Gasteiger partial charge on any atom is -0.468 e. The molecule has 2 saturated carbocycles. The Morgan fingerprint density at radius 1 is 1.32 bits per heavy atom. The highest BCUT2D eigenvalue weighted by Gasteiger charge is 2.37. The molecule has 0 saturated heterocycles. The van der Waals surface area contributed by atoms with Crippen LogP contribution in [0.25, 0.3) is 0 Å². The topological polar surface area (TPSA) is 62.6 Å². The first-order chi connectivity index (χ1) is 9.15. The van der Waals surface area contributed by atoms with Crippen molar-refractivity contribution in [3.8, 4) is 0 Å². The second-order valence-corrected chi connectivity index (χ2v) is 7.44. The summed E-state index contributed by atoms with van der Waals surface area (Å²) in [6, 6.07) is 4.35. The largest absolute Gasteiger partial charge is 0.468 e. The predicted molar refractivity (Wildman–Crippen MR) is 72.1 cm³/mol. The molecule has 6 heteroatoms. The van der Waals surface area contributed by atoms with Gasteiger partial charge in [0, 0.05) is 18.6 Å². The summed E-state index contributed by atoms with van der Waals surface area (Å²) in [6.07, 6.45) is 5.88. The van der Waals surface area contributed by atoms with E-state index in [0.717, 1.165) is 12.8 Å². The van der Waals surface area contributed by atoms with Crippen LogP contribution in [0, 0.1) is 0 Å². The molecule has 0 aliphatic heterocycles. The van der Waals surface area contributed by atoms with E-state index in [1.165, 1.54) is 12.8 Å². The molecule has 1 aromatic rings. The summed E-state index contributed by atoms with van der Waals surface area (Å²) in [5.41, 5.74) is 0. The molecule has 2 aliphatic carbocycles. The molecule has 1 aromatic heterocycles. The number of nitrogens with zero attached hydrogens (tertiary/aromatic N) is 1. The van der Waals surface area contributed by atoms with Crippen molar-refractivity contribution in [3.05, 3.63) is 24.2 Å². The molecule has 106 valence electrons. The molecular weight excluding hydrogens is 264 g/mol. The number of nitrogens with one attached hydrogen (secondary N) is 1. The molecule has 1 N–H and O–H groups in total. The summed E-state index contributed by atoms with van der Waals surface area (Å²) in [4.78, 5) is 0. The SMILES string of the molecule is O=S(=O)(CCNC1CC1)N(Cc1ccco1)C1CC1. The van der Waals surface area contributed by atoms with Gasteiger partial charge in [0.25, 0.3) is 0 Å². The summed E-state index contributed by atoms with van der Waals surface area (Å²) in [6.45, 7) is 0.914. The van der Waals surface area contributed by atoms with Crippen molar-refractivity contribution in [2.75, 3.05) is 12.3 Å². The zero-order valence-electron chi connectivity index (χ0n) is 10.9. The quantitative estimate of drug-likeness (QED) is 0.782. The highest BCUT2D eigenvalue weighted by molar-refractivity contribution is 7.89. The minimum atomic E-state index is -3.19. The van der Waals surface area contributed by atoms with Crippen LogP contribution in [0.15, 0.2) is 22.8 Å². The van der Waals surface area contributed by atoms with Crippen molar-refractivity contribution in [2.45, 2.75) is 44.3 Å². The summed E-state index contributed by atoms with van der Waals surface area (Å²) in [7, 11) is -3.19. The Bertz CT molecular complexity index is 504. The molecule has 0 spiro atoms. The standard InChI is InChI=1S/C13H20N2O3S/c16-19(17,9-7-14-11-3-4-11)15(12-5-6-12)10-13-2-1-8-18-13/h1-2,8,11-12,14H,3-7,9-10H2. The highest BCUT2D eigenvalue weighted by Crippen LogP contribution is 2.31. The molecule has 0 radical (unpaired) electrons. The Balaban J connectivity index is 1.60. The van der Waals surface area contributed by atoms with E-state index in [4.69, 9.17) is 4.42 Å². The molecule has 1 heterocycles. The molecule has 2 aliphatic rings. The lowest BCUT2D eigenvalue weighted by atomic mass is 10.4. The Morgan fingerprint density at radius 3 is 2.68 bits per heavy atom. The van der Waals surface area contributed by atoms with Crippen LogP contribution in [-0.4, -0.2) is 37.1 Å². The normalized spacial score (nSPS) is 20.1. The molecule has 0 amide bonds. The number of sulfonamides is 1. The van der Waals surface area contributed by atoms with Gasteiger partial charge in [-0.05, 0) is 37.8 Å². The van der Waals surface area contributed by atoms with Crippen molar-refractivity contribution in [1.29, 1.82) is 0 Å². The first-order valence-electron chi connectivity index (χ1n) is 6.90. The highest BCUT2D eigenvalue weighted by atomic mass is 32.2. The van der Waals surface area contributed by atoms with Crippen molar-refractivity contribution < 1.29 is 12.8 Å². The fourth-order valence-corrected chi connectivity index (χ4v) is 3.77. The van der Waals surface area contributed by atoms with Crippen molar-refractivity contribution >= 4 is 10.0 Å². The fourth-order valence-electron chi connectivity index (χ4n) is 2.17. The lowest BCUT2D eigenvalue weighted by Gasteiger charge is -2.20. The molecule has 0 unspecified atom stereocenters. The van der Waals surface area contributed by atoms with Crippen LogP contribution in [0.3, 0.4) is 0 Å². The van der Waals surface area contributed by atoms with Gasteiger partial charge in [0.15, 0.2) is 0 Å². The third-order valence-electron chi connectivity index (χ3n) is 3.57. The van der Waals surface area contributed by atoms with Crippen LogP contribution in [-0.2, 0) is 16.6 Å². The lowest BCUT2D eigenvalue weighted by molar-refractivity contribution is 0.356. The zero-order valence-corrected chi connectivity index (χ0v) is 11.7. The third-order valence-corrected chi connectivity index (χ3v) is 5.44. The second kappa shape index (κ2) is 5.26. The Morgan fingerprint density at radius 2 is 2.11 bits per heavy atom. The maximum atomic E-state index is 12.4. The second-order valence-electron chi connectivity index (χ2n) is 5.40. The molecule has 2 fully saturated rings. The van der Waals surface area contributed by atoms with Crippen molar-refractivity contribution in [3.63, 3.8) is 0 Å². The molecule has 0 aromatic carbocycles. The minimum absolute atomic E-state index is 0.177. The van der Waals surface area contributed by atoms with Gasteiger partial charge >= 0.3 is 0 Å². The van der Waals surface area contributed by atoms with Crippen molar-refractivity contribution in [2.24, 2.45) is 0 Å². The molecule has 5 nitrogen and oxygen atoms in total. The molecule has 0 atom stereocenters. The maximum absolute atomic E-state index is 12.4. The van der Waals surface area contributed by atoms with E-state index in [1.807, 2.05) is 6.07 Å². The number of hydrogen-bond acceptors (Lipinski definition) is 4. The lowest BCUT2D eigenvalue weighted by Crippen LogP contribution is -2.37. The van der Waals surface area contributed by atoms with Crippen LogP contribution in [0.5, 0.6) is 0 Å². The zero-order chi connectivity index (χ0) is 13.3. The Labute approximate surface area is 114 Å². The average Bonchev–Trinajstić information content (AvgIpc) is 3.28. The third kappa shape index (κ3) is 3.58. The van der Waals surface area contributed by atoms with Gasteiger partial charge in [0.1, 0.15) is 5.76 Å². The summed E-state index contributed by atoms with van der Waals surface area (Å²) < 4.78 is 31.6. The van der Waals surface area contributed by atoms with Crippen LogP contribution in [0.4, 0.5) is 0 Å². The van der Waals surface area contributed by atoms with Crippen molar-refractivity contribution in [1.82, 2.24) is 9.62 Å². The average molecular weight is 284 g/mol. The summed E-state index contributed by atoms with van der Waals surface area (Å²) in [5.74, 6) is 0.895.